The number of nitrogens with one attached hydrogen (secondary N) is 2. The number of hydrogen-bond donors (Lipinski definition) is 2. The van der Waals surface area contributed by atoms with Crippen molar-refractivity contribution in [3.8, 4) is 6.07 Å². The van der Waals surface area contributed by atoms with Gasteiger partial charge in [-0.25, -0.2) is 0 Å². The number of benzene rings is 1. The first-order chi connectivity index (χ1) is 8.99. The molecule has 0 bridgehead atoms. The molecule has 1 aromatic carbocycles. The van der Waals surface area contributed by atoms with Crippen molar-refractivity contribution in [2.75, 3.05) is 30.4 Å². The van der Waals surface area contributed by atoms with Gasteiger partial charge in [0.25, 0.3) is 0 Å². The molecule has 0 atom stereocenters. The second-order valence-electron chi connectivity index (χ2n) is 5.27. The van der Waals surface area contributed by atoms with Gasteiger partial charge in [-0.15, -0.1) is 0 Å². The number of likely N-dealkylation sites (N-methyl/N-ethyl adjacent to an activating group) is 1. The molecule has 0 fully saturated rings. The summed E-state index contributed by atoms with van der Waals surface area (Å²) >= 11 is 0. The van der Waals surface area contributed by atoms with Gasteiger partial charge in [0.05, 0.1) is 35.1 Å². The largest absolute Gasteiger partial charge is 0.374 e. The van der Waals surface area contributed by atoms with Crippen molar-refractivity contribution in [2.24, 2.45) is 0 Å². The van der Waals surface area contributed by atoms with E-state index in [1.54, 1.807) is 17.0 Å². The molecule has 0 aromatic heterocycles. The number of carbonyl (C=O) groups excluding carboxylic acids is 1. The van der Waals surface area contributed by atoms with Gasteiger partial charge in [-0.05, 0) is 39.1 Å². The van der Waals surface area contributed by atoms with Crippen molar-refractivity contribution in [3.63, 3.8) is 0 Å². The van der Waals surface area contributed by atoms with Crippen LogP contribution in [0.4, 0.5) is 11.4 Å². The lowest BCUT2D eigenvalue weighted by Gasteiger charge is -2.42. The molecule has 2 N–H and O–H groups in total. The van der Waals surface area contributed by atoms with Gasteiger partial charge in [0.2, 0.25) is 5.91 Å². The number of nitrogens with zero attached hydrogens (tertiary/aromatic N) is 2. The Kier molecular flexibility index (Phi) is 3.45. The Morgan fingerprint density at radius 2 is 2.26 bits per heavy atom. The highest BCUT2D eigenvalue weighted by atomic mass is 16.2. The van der Waals surface area contributed by atoms with Crippen LogP contribution in [0.1, 0.15) is 19.4 Å². The molecule has 0 radical (unpaired) electrons. The van der Waals surface area contributed by atoms with Crippen molar-refractivity contribution < 1.29 is 4.79 Å². The Bertz CT molecular complexity index is 545. The third-order valence-corrected chi connectivity index (χ3v) is 3.26. The molecule has 0 spiro atoms. The number of carbonyl (C=O) groups is 1. The van der Waals surface area contributed by atoms with E-state index < -0.39 is 0 Å². The summed E-state index contributed by atoms with van der Waals surface area (Å²) in [5.74, 6) is 0.0393. The van der Waals surface area contributed by atoms with Gasteiger partial charge in [0.1, 0.15) is 0 Å². The fraction of sp³-hybridized carbons (Fsp3) is 0.429. The topological polar surface area (TPSA) is 68.2 Å². The van der Waals surface area contributed by atoms with E-state index >= 15 is 0 Å². The van der Waals surface area contributed by atoms with Gasteiger partial charge in [-0.3, -0.25) is 4.79 Å². The van der Waals surface area contributed by atoms with Crippen LogP contribution in [0.3, 0.4) is 0 Å². The van der Waals surface area contributed by atoms with Crippen molar-refractivity contribution >= 4 is 17.3 Å². The van der Waals surface area contributed by atoms with Crippen molar-refractivity contribution in [2.45, 2.75) is 19.4 Å². The van der Waals surface area contributed by atoms with Gasteiger partial charge < -0.3 is 15.5 Å². The van der Waals surface area contributed by atoms with Gasteiger partial charge in [-0.2, -0.15) is 5.26 Å². The number of amides is 1. The van der Waals surface area contributed by atoms with Crippen molar-refractivity contribution in [1.29, 1.82) is 5.26 Å². The lowest BCUT2D eigenvalue weighted by molar-refractivity contribution is -0.118. The van der Waals surface area contributed by atoms with Gasteiger partial charge in [0.15, 0.2) is 0 Å². The van der Waals surface area contributed by atoms with Crippen LogP contribution >= 0.6 is 0 Å². The Hall–Kier alpha value is -2.06. The van der Waals surface area contributed by atoms with Crippen LogP contribution in [0.2, 0.25) is 0 Å². The second kappa shape index (κ2) is 4.90. The van der Waals surface area contributed by atoms with Gasteiger partial charge >= 0.3 is 0 Å². The standard InChI is InChI=1S/C14H18N4O/c1-14(2,9-16-3)18-12-5-4-10(7-15)6-11(12)17-8-13(18)19/h4-6,16-17H,8-9H2,1-3H3. The van der Waals surface area contributed by atoms with Crippen LogP contribution in [0, 0.1) is 11.3 Å². The number of rotatable bonds is 3. The Labute approximate surface area is 113 Å². The maximum absolute atomic E-state index is 12.2. The number of fused-ring (bicyclic) bond motifs is 1. The first-order valence-electron chi connectivity index (χ1n) is 6.25. The molecule has 19 heavy (non-hydrogen) atoms. The van der Waals surface area contributed by atoms with Crippen LogP contribution in [0.15, 0.2) is 18.2 Å². The summed E-state index contributed by atoms with van der Waals surface area (Å²) in [5, 5.41) is 15.1. The zero-order valence-electron chi connectivity index (χ0n) is 11.4. The van der Waals surface area contributed by atoms with E-state index in [0.717, 1.165) is 11.4 Å². The first kappa shape index (κ1) is 13.4. The molecular weight excluding hydrogens is 240 g/mol. The molecule has 2 rings (SSSR count). The van der Waals surface area contributed by atoms with E-state index in [9.17, 15) is 4.79 Å². The fourth-order valence-electron chi connectivity index (χ4n) is 2.50. The third-order valence-electron chi connectivity index (χ3n) is 3.26. The highest BCUT2D eigenvalue weighted by molar-refractivity contribution is 6.03. The lowest BCUT2D eigenvalue weighted by Crippen LogP contribution is -2.56. The molecular formula is C14H18N4O. The molecule has 1 aliphatic heterocycles. The minimum Gasteiger partial charge on any atom is -0.374 e. The molecule has 5 heteroatoms. The summed E-state index contributed by atoms with van der Waals surface area (Å²) in [5.41, 5.74) is 1.93. The maximum Gasteiger partial charge on any atom is 0.246 e. The Morgan fingerprint density at radius 3 is 2.89 bits per heavy atom. The molecule has 0 aliphatic carbocycles. The average molecular weight is 258 g/mol. The summed E-state index contributed by atoms with van der Waals surface area (Å²) < 4.78 is 0. The van der Waals surface area contributed by atoms with E-state index in [-0.39, 0.29) is 18.0 Å². The predicted molar refractivity (Wildman–Crippen MR) is 75.1 cm³/mol. The van der Waals surface area contributed by atoms with E-state index in [2.05, 4.69) is 16.7 Å². The third kappa shape index (κ3) is 2.40. The number of anilines is 2. The molecule has 0 saturated heterocycles. The zero-order chi connectivity index (χ0) is 14.0. The van der Waals surface area contributed by atoms with Crippen LogP contribution in [0.5, 0.6) is 0 Å². The van der Waals surface area contributed by atoms with Crippen molar-refractivity contribution in [1.82, 2.24) is 5.32 Å². The van der Waals surface area contributed by atoms with E-state index in [4.69, 9.17) is 5.26 Å². The summed E-state index contributed by atoms with van der Waals surface area (Å²) in [7, 11) is 1.87. The zero-order valence-corrected chi connectivity index (χ0v) is 11.4. The second-order valence-corrected chi connectivity index (χ2v) is 5.27. The van der Waals surface area contributed by atoms with Crippen LogP contribution < -0.4 is 15.5 Å². The smallest absolute Gasteiger partial charge is 0.246 e. The minimum absolute atomic E-state index is 0.0393. The predicted octanol–water partition coefficient (Wildman–Crippen LogP) is 1.31. The molecule has 1 heterocycles. The maximum atomic E-state index is 12.2. The summed E-state index contributed by atoms with van der Waals surface area (Å²) in [6, 6.07) is 7.46. The fourth-order valence-corrected chi connectivity index (χ4v) is 2.50. The summed E-state index contributed by atoms with van der Waals surface area (Å²) in [6.45, 7) is 5.00. The van der Waals surface area contributed by atoms with Gasteiger partial charge in [0, 0.05) is 6.54 Å². The molecule has 1 amide bonds. The van der Waals surface area contributed by atoms with Crippen LogP contribution in [-0.2, 0) is 4.79 Å². The molecule has 0 unspecified atom stereocenters. The molecule has 5 nitrogen and oxygen atoms in total. The highest BCUT2D eigenvalue weighted by Gasteiger charge is 2.35. The normalized spacial score (nSPS) is 14.6. The quantitative estimate of drug-likeness (QED) is 0.858. The Morgan fingerprint density at radius 1 is 1.53 bits per heavy atom. The van der Waals surface area contributed by atoms with Crippen molar-refractivity contribution in [3.05, 3.63) is 23.8 Å². The van der Waals surface area contributed by atoms with Crippen LogP contribution in [0.25, 0.3) is 0 Å². The molecule has 0 saturated carbocycles. The van der Waals surface area contributed by atoms with E-state index in [1.165, 1.54) is 0 Å². The number of nitriles is 1. The molecule has 100 valence electrons. The van der Waals surface area contributed by atoms with E-state index in [0.29, 0.717) is 12.1 Å². The number of hydrogen-bond acceptors (Lipinski definition) is 4. The monoisotopic (exact) mass is 258 g/mol. The first-order valence-corrected chi connectivity index (χ1v) is 6.25. The van der Waals surface area contributed by atoms with E-state index in [1.807, 2.05) is 27.0 Å². The minimum atomic E-state index is -0.323. The summed E-state index contributed by atoms with van der Waals surface area (Å²) in [6.07, 6.45) is 0. The van der Waals surface area contributed by atoms with Crippen LogP contribution in [-0.4, -0.2) is 31.6 Å². The highest BCUT2D eigenvalue weighted by Crippen LogP contribution is 2.34. The molecule has 1 aliphatic rings. The Balaban J connectivity index is 2.47. The lowest BCUT2D eigenvalue weighted by atomic mass is 9.98. The molecule has 1 aromatic rings. The van der Waals surface area contributed by atoms with Gasteiger partial charge in [-0.1, -0.05) is 0 Å². The summed E-state index contributed by atoms with van der Waals surface area (Å²) in [4.78, 5) is 14.0. The SMILES string of the molecule is CNCC(C)(C)N1C(=O)CNc2cc(C#N)ccc21. The average Bonchev–Trinajstić information content (AvgIpc) is 2.37.